The van der Waals surface area contributed by atoms with E-state index in [4.69, 9.17) is 5.73 Å². The summed E-state index contributed by atoms with van der Waals surface area (Å²) < 4.78 is 39.4. The van der Waals surface area contributed by atoms with Crippen LogP contribution in [-0.2, 0) is 0 Å². The van der Waals surface area contributed by atoms with Crippen molar-refractivity contribution in [3.05, 3.63) is 0 Å². The summed E-state index contributed by atoms with van der Waals surface area (Å²) >= 11 is 0. The summed E-state index contributed by atoms with van der Waals surface area (Å²) in [6, 6.07) is -0.251. The standard InChI is InChI=1S/C15H26F3N/c1-10-6-8-11(9-7-10)14(19)12-4-2-3-5-13(12)15(16,17)18/h10-14H,2-9,19H2,1H3. The summed E-state index contributed by atoms with van der Waals surface area (Å²) in [5.74, 6) is -0.472. The number of rotatable bonds is 2. The molecular weight excluding hydrogens is 251 g/mol. The monoisotopic (exact) mass is 277 g/mol. The van der Waals surface area contributed by atoms with Gasteiger partial charge in [-0.1, -0.05) is 32.6 Å². The normalized spacial score (nSPS) is 39.0. The van der Waals surface area contributed by atoms with Gasteiger partial charge in [0.05, 0.1) is 5.92 Å². The number of hydrogen-bond acceptors (Lipinski definition) is 1. The first kappa shape index (κ1) is 15.1. The van der Waals surface area contributed by atoms with Gasteiger partial charge < -0.3 is 5.73 Å². The highest BCUT2D eigenvalue weighted by molar-refractivity contribution is 4.91. The lowest BCUT2D eigenvalue weighted by atomic mass is 9.68. The molecule has 0 aromatic rings. The van der Waals surface area contributed by atoms with Crippen molar-refractivity contribution in [3.63, 3.8) is 0 Å². The van der Waals surface area contributed by atoms with Crippen LogP contribution in [0.3, 0.4) is 0 Å². The minimum atomic E-state index is -4.06. The van der Waals surface area contributed by atoms with E-state index in [1.807, 2.05) is 0 Å². The SMILES string of the molecule is CC1CCC(C(N)C2CCCCC2C(F)(F)F)CC1. The van der Waals surface area contributed by atoms with Crippen LogP contribution in [0.15, 0.2) is 0 Å². The Morgan fingerprint density at radius 2 is 1.53 bits per heavy atom. The molecule has 0 amide bonds. The molecule has 2 saturated carbocycles. The molecule has 3 atom stereocenters. The Morgan fingerprint density at radius 1 is 0.947 bits per heavy atom. The fourth-order valence-electron chi connectivity index (χ4n) is 4.05. The molecule has 2 fully saturated rings. The van der Waals surface area contributed by atoms with Crippen LogP contribution < -0.4 is 5.73 Å². The van der Waals surface area contributed by atoms with Gasteiger partial charge in [0.15, 0.2) is 0 Å². The molecule has 0 saturated heterocycles. The topological polar surface area (TPSA) is 26.0 Å². The number of nitrogens with two attached hydrogens (primary N) is 1. The van der Waals surface area contributed by atoms with Gasteiger partial charge in [0.1, 0.15) is 0 Å². The third-order valence-corrected chi connectivity index (χ3v) is 5.34. The largest absolute Gasteiger partial charge is 0.392 e. The van der Waals surface area contributed by atoms with Crippen molar-refractivity contribution >= 4 is 0 Å². The maximum atomic E-state index is 13.1. The van der Waals surface area contributed by atoms with Crippen LogP contribution in [0.25, 0.3) is 0 Å². The molecule has 2 N–H and O–H groups in total. The molecule has 19 heavy (non-hydrogen) atoms. The summed E-state index contributed by atoms with van der Waals surface area (Å²) in [4.78, 5) is 0. The van der Waals surface area contributed by atoms with Gasteiger partial charge in [-0.15, -0.1) is 0 Å². The Hall–Kier alpha value is -0.250. The van der Waals surface area contributed by atoms with Crippen LogP contribution in [0, 0.1) is 23.7 Å². The van der Waals surface area contributed by atoms with E-state index in [-0.39, 0.29) is 18.4 Å². The van der Waals surface area contributed by atoms with E-state index in [1.54, 1.807) is 0 Å². The fourth-order valence-corrected chi connectivity index (χ4v) is 4.05. The average molecular weight is 277 g/mol. The third-order valence-electron chi connectivity index (χ3n) is 5.34. The van der Waals surface area contributed by atoms with Gasteiger partial charge in [-0.05, 0) is 43.4 Å². The van der Waals surface area contributed by atoms with Gasteiger partial charge in [0.2, 0.25) is 0 Å². The molecule has 0 radical (unpaired) electrons. The van der Waals surface area contributed by atoms with E-state index in [2.05, 4.69) is 6.92 Å². The maximum absolute atomic E-state index is 13.1. The zero-order valence-corrected chi connectivity index (χ0v) is 11.8. The Labute approximate surface area is 114 Å². The smallest absolute Gasteiger partial charge is 0.327 e. The first-order chi connectivity index (χ1) is 8.89. The van der Waals surface area contributed by atoms with Crippen LogP contribution in [0.4, 0.5) is 13.2 Å². The summed E-state index contributed by atoms with van der Waals surface area (Å²) in [7, 11) is 0. The van der Waals surface area contributed by atoms with Crippen LogP contribution in [0.1, 0.15) is 58.3 Å². The molecule has 3 unspecified atom stereocenters. The first-order valence-electron chi connectivity index (χ1n) is 7.72. The summed E-state index contributed by atoms with van der Waals surface area (Å²) in [6.45, 7) is 2.22. The van der Waals surface area contributed by atoms with Crippen molar-refractivity contribution in [2.75, 3.05) is 0 Å². The molecule has 0 spiro atoms. The van der Waals surface area contributed by atoms with E-state index in [0.717, 1.165) is 32.1 Å². The van der Waals surface area contributed by atoms with Crippen LogP contribution in [-0.4, -0.2) is 12.2 Å². The molecule has 2 rings (SSSR count). The maximum Gasteiger partial charge on any atom is 0.392 e. The summed E-state index contributed by atoms with van der Waals surface area (Å²) in [6.07, 6.45) is 2.78. The summed E-state index contributed by atoms with van der Waals surface area (Å²) in [5.41, 5.74) is 6.26. The van der Waals surface area contributed by atoms with Gasteiger partial charge in [-0.25, -0.2) is 0 Å². The quantitative estimate of drug-likeness (QED) is 0.789. The average Bonchev–Trinajstić information content (AvgIpc) is 2.38. The zero-order chi connectivity index (χ0) is 14.0. The molecule has 0 aliphatic heterocycles. The van der Waals surface area contributed by atoms with Crippen molar-refractivity contribution in [3.8, 4) is 0 Å². The van der Waals surface area contributed by atoms with E-state index in [1.165, 1.54) is 0 Å². The van der Waals surface area contributed by atoms with E-state index in [0.29, 0.717) is 24.7 Å². The minimum Gasteiger partial charge on any atom is -0.327 e. The lowest BCUT2D eigenvalue weighted by Gasteiger charge is -2.41. The highest BCUT2D eigenvalue weighted by atomic mass is 19.4. The molecule has 1 nitrogen and oxygen atoms in total. The lowest BCUT2D eigenvalue weighted by molar-refractivity contribution is -0.200. The molecule has 0 aromatic heterocycles. The number of halogens is 3. The van der Waals surface area contributed by atoms with Gasteiger partial charge in [-0.3, -0.25) is 0 Å². The van der Waals surface area contributed by atoms with E-state index < -0.39 is 12.1 Å². The van der Waals surface area contributed by atoms with E-state index >= 15 is 0 Å². The Kier molecular flexibility index (Phi) is 4.80. The van der Waals surface area contributed by atoms with Gasteiger partial charge >= 0.3 is 6.18 Å². The molecule has 4 heteroatoms. The second-order valence-corrected chi connectivity index (χ2v) is 6.69. The number of hydrogen-bond donors (Lipinski definition) is 1. The predicted octanol–water partition coefficient (Wildman–Crippen LogP) is 4.51. The Balaban J connectivity index is 2.01. The highest BCUT2D eigenvalue weighted by Gasteiger charge is 2.48. The van der Waals surface area contributed by atoms with Crippen molar-refractivity contribution in [2.45, 2.75) is 70.5 Å². The molecular formula is C15H26F3N. The zero-order valence-electron chi connectivity index (χ0n) is 11.8. The fraction of sp³-hybridized carbons (Fsp3) is 1.00. The van der Waals surface area contributed by atoms with Gasteiger partial charge in [-0.2, -0.15) is 13.2 Å². The van der Waals surface area contributed by atoms with Crippen molar-refractivity contribution < 1.29 is 13.2 Å². The Bertz CT molecular complexity index is 282. The second-order valence-electron chi connectivity index (χ2n) is 6.69. The molecule has 2 aliphatic rings. The molecule has 0 aromatic carbocycles. The van der Waals surface area contributed by atoms with Gasteiger partial charge in [0.25, 0.3) is 0 Å². The van der Waals surface area contributed by atoms with Crippen molar-refractivity contribution in [1.29, 1.82) is 0 Å². The molecule has 0 bridgehead atoms. The van der Waals surface area contributed by atoms with Crippen LogP contribution in [0.2, 0.25) is 0 Å². The van der Waals surface area contributed by atoms with Crippen LogP contribution in [0.5, 0.6) is 0 Å². The summed E-state index contributed by atoms with van der Waals surface area (Å²) in [5, 5.41) is 0. The van der Waals surface area contributed by atoms with Crippen LogP contribution >= 0.6 is 0 Å². The van der Waals surface area contributed by atoms with Gasteiger partial charge in [0, 0.05) is 6.04 Å². The number of alkyl halides is 3. The highest BCUT2D eigenvalue weighted by Crippen LogP contribution is 2.45. The molecule has 0 heterocycles. The van der Waals surface area contributed by atoms with E-state index in [9.17, 15) is 13.2 Å². The van der Waals surface area contributed by atoms with Crippen molar-refractivity contribution in [2.24, 2.45) is 29.4 Å². The molecule has 112 valence electrons. The lowest BCUT2D eigenvalue weighted by Crippen LogP contribution is -2.47. The minimum absolute atomic E-state index is 0.251. The van der Waals surface area contributed by atoms with Crippen molar-refractivity contribution in [1.82, 2.24) is 0 Å². The Morgan fingerprint density at radius 3 is 2.11 bits per heavy atom. The molecule has 2 aliphatic carbocycles. The predicted molar refractivity (Wildman–Crippen MR) is 70.6 cm³/mol. The first-order valence-corrected chi connectivity index (χ1v) is 7.72. The second kappa shape index (κ2) is 6.02. The third kappa shape index (κ3) is 3.65.